The van der Waals surface area contributed by atoms with E-state index >= 15 is 0 Å². The molecule has 0 heterocycles. The van der Waals surface area contributed by atoms with E-state index in [2.05, 4.69) is 24.3 Å². The van der Waals surface area contributed by atoms with Gasteiger partial charge < -0.3 is 4.74 Å². The molecule has 1 aliphatic carbocycles. The number of ketones is 1. The Kier molecular flexibility index (Phi) is 3.82. The molecule has 0 radical (unpaired) electrons. The van der Waals surface area contributed by atoms with Crippen LogP contribution in [0, 0.1) is 0 Å². The minimum atomic E-state index is 0.378. The zero-order valence-electron chi connectivity index (χ0n) is 11.4. The third-order valence-electron chi connectivity index (χ3n) is 3.82. The fourth-order valence-electron chi connectivity index (χ4n) is 2.70. The van der Waals surface area contributed by atoms with E-state index in [4.69, 9.17) is 4.74 Å². The molecule has 1 aliphatic rings. The highest BCUT2D eigenvalue weighted by Crippen LogP contribution is 2.33. The predicted molar refractivity (Wildman–Crippen MR) is 78.8 cm³/mol. The van der Waals surface area contributed by atoms with Gasteiger partial charge in [-0.1, -0.05) is 42.5 Å². The third-order valence-corrected chi connectivity index (χ3v) is 3.82. The Hall–Kier alpha value is -2.09. The largest absolute Gasteiger partial charge is 0.489 e. The van der Waals surface area contributed by atoms with Crippen LogP contribution in [-0.4, -0.2) is 5.78 Å². The Morgan fingerprint density at radius 1 is 1.05 bits per heavy atom. The van der Waals surface area contributed by atoms with Crippen LogP contribution >= 0.6 is 0 Å². The van der Waals surface area contributed by atoms with Gasteiger partial charge in [0.15, 0.2) is 0 Å². The fraction of sp³-hybridized carbons (Fsp3) is 0.278. The fourth-order valence-corrected chi connectivity index (χ4v) is 2.70. The van der Waals surface area contributed by atoms with Gasteiger partial charge in [-0.3, -0.25) is 4.79 Å². The van der Waals surface area contributed by atoms with Gasteiger partial charge in [0, 0.05) is 12.8 Å². The summed E-state index contributed by atoms with van der Waals surface area (Å²) in [6.07, 6.45) is 2.38. The molecule has 1 unspecified atom stereocenters. The van der Waals surface area contributed by atoms with E-state index in [1.165, 1.54) is 5.56 Å². The molecule has 102 valence electrons. The van der Waals surface area contributed by atoms with Crippen LogP contribution in [0.3, 0.4) is 0 Å². The molecule has 1 saturated carbocycles. The maximum atomic E-state index is 11.4. The monoisotopic (exact) mass is 266 g/mol. The molecule has 2 heteroatoms. The minimum absolute atomic E-state index is 0.378. The van der Waals surface area contributed by atoms with Crippen LogP contribution in [0.25, 0.3) is 0 Å². The van der Waals surface area contributed by atoms with Gasteiger partial charge in [-0.25, -0.2) is 0 Å². The summed E-state index contributed by atoms with van der Waals surface area (Å²) in [7, 11) is 0. The van der Waals surface area contributed by atoms with Gasteiger partial charge >= 0.3 is 0 Å². The number of carbonyl (C=O) groups excluding carboxylic acids is 1. The number of carbonyl (C=O) groups is 1. The smallest absolute Gasteiger partial charge is 0.133 e. The van der Waals surface area contributed by atoms with Gasteiger partial charge in [0.2, 0.25) is 0 Å². The lowest BCUT2D eigenvalue weighted by Gasteiger charge is -2.11. The molecule has 2 aromatic rings. The minimum Gasteiger partial charge on any atom is -0.489 e. The van der Waals surface area contributed by atoms with Crippen molar-refractivity contribution in [3.05, 3.63) is 65.7 Å². The average molecular weight is 266 g/mol. The van der Waals surface area contributed by atoms with Crippen molar-refractivity contribution in [1.82, 2.24) is 0 Å². The van der Waals surface area contributed by atoms with Crippen LogP contribution in [0.1, 0.15) is 36.3 Å². The molecule has 0 bridgehead atoms. The topological polar surface area (TPSA) is 26.3 Å². The first-order valence-electron chi connectivity index (χ1n) is 7.09. The van der Waals surface area contributed by atoms with Crippen LogP contribution in [-0.2, 0) is 11.4 Å². The first kappa shape index (κ1) is 12.9. The number of hydrogen-bond acceptors (Lipinski definition) is 2. The predicted octanol–water partition coefficient (Wildman–Crippen LogP) is 4.10. The molecule has 0 N–H and O–H groups in total. The highest BCUT2D eigenvalue weighted by molar-refractivity contribution is 5.81. The van der Waals surface area contributed by atoms with E-state index in [0.29, 0.717) is 24.7 Å². The van der Waals surface area contributed by atoms with E-state index in [1.807, 2.05) is 30.3 Å². The Morgan fingerprint density at radius 2 is 1.90 bits per heavy atom. The maximum Gasteiger partial charge on any atom is 0.133 e. The molecule has 3 rings (SSSR count). The molecule has 1 atom stereocenters. The Labute approximate surface area is 119 Å². The van der Waals surface area contributed by atoms with E-state index in [0.717, 1.165) is 24.2 Å². The molecule has 0 amide bonds. The summed E-state index contributed by atoms with van der Waals surface area (Å²) in [5.74, 6) is 1.64. The normalized spacial score (nSPS) is 18.2. The molecular formula is C18H18O2. The van der Waals surface area contributed by atoms with Crippen LogP contribution < -0.4 is 4.74 Å². The second-order valence-corrected chi connectivity index (χ2v) is 5.33. The Balaban J connectivity index is 1.67. The lowest BCUT2D eigenvalue weighted by Crippen LogP contribution is -1.98. The summed E-state index contributed by atoms with van der Waals surface area (Å²) in [5.41, 5.74) is 2.38. The van der Waals surface area contributed by atoms with Crippen molar-refractivity contribution in [2.24, 2.45) is 0 Å². The number of hydrogen-bond donors (Lipinski definition) is 0. The number of rotatable bonds is 4. The summed E-state index contributed by atoms with van der Waals surface area (Å²) >= 11 is 0. The van der Waals surface area contributed by atoms with Crippen molar-refractivity contribution in [1.29, 1.82) is 0 Å². The van der Waals surface area contributed by atoms with Gasteiger partial charge in [0.1, 0.15) is 18.1 Å². The van der Waals surface area contributed by atoms with E-state index < -0.39 is 0 Å². The average Bonchev–Trinajstić information content (AvgIpc) is 2.93. The lowest BCUT2D eigenvalue weighted by molar-refractivity contribution is -0.117. The quantitative estimate of drug-likeness (QED) is 0.832. The van der Waals surface area contributed by atoms with E-state index in [9.17, 15) is 4.79 Å². The first-order valence-corrected chi connectivity index (χ1v) is 7.09. The highest BCUT2D eigenvalue weighted by Gasteiger charge is 2.23. The summed E-state index contributed by atoms with van der Waals surface area (Å²) < 4.78 is 5.83. The molecule has 0 aromatic heterocycles. The number of benzene rings is 2. The van der Waals surface area contributed by atoms with E-state index in [-0.39, 0.29) is 0 Å². The summed E-state index contributed by atoms with van der Waals surface area (Å²) in [4.78, 5) is 11.4. The molecule has 20 heavy (non-hydrogen) atoms. The van der Waals surface area contributed by atoms with Crippen LogP contribution in [0.4, 0.5) is 0 Å². The van der Waals surface area contributed by atoms with Gasteiger partial charge in [0.05, 0.1) is 0 Å². The summed E-state index contributed by atoms with van der Waals surface area (Å²) in [6, 6.07) is 18.3. The maximum absolute atomic E-state index is 11.4. The zero-order chi connectivity index (χ0) is 13.8. The Morgan fingerprint density at radius 3 is 2.65 bits per heavy atom. The number of ether oxygens (including phenoxy) is 1. The molecule has 2 nitrogen and oxygen atoms in total. The van der Waals surface area contributed by atoms with Gasteiger partial charge in [-0.2, -0.15) is 0 Å². The number of Topliss-reactive ketones (excluding diaryl/α,β-unsaturated/α-hetero) is 1. The van der Waals surface area contributed by atoms with Crippen LogP contribution in [0.5, 0.6) is 5.75 Å². The standard InChI is InChI=1S/C18H18O2/c19-17-10-9-16(11-17)15-7-4-8-18(12-15)20-13-14-5-2-1-3-6-14/h1-8,12,16H,9-11,13H2. The SMILES string of the molecule is O=C1CCC(c2cccc(OCc3ccccc3)c2)C1. The van der Waals surface area contributed by atoms with Crippen molar-refractivity contribution in [3.63, 3.8) is 0 Å². The molecular weight excluding hydrogens is 248 g/mol. The van der Waals surface area contributed by atoms with Crippen LogP contribution in [0.2, 0.25) is 0 Å². The van der Waals surface area contributed by atoms with Crippen LogP contribution in [0.15, 0.2) is 54.6 Å². The summed E-state index contributed by atoms with van der Waals surface area (Å²) in [6.45, 7) is 0.577. The highest BCUT2D eigenvalue weighted by atomic mass is 16.5. The molecule has 0 aliphatic heterocycles. The zero-order valence-corrected chi connectivity index (χ0v) is 11.4. The van der Waals surface area contributed by atoms with Crippen molar-refractivity contribution < 1.29 is 9.53 Å². The van der Waals surface area contributed by atoms with Gasteiger partial charge in [-0.15, -0.1) is 0 Å². The summed E-state index contributed by atoms with van der Waals surface area (Å²) in [5, 5.41) is 0. The van der Waals surface area contributed by atoms with Gasteiger partial charge in [0.25, 0.3) is 0 Å². The van der Waals surface area contributed by atoms with Gasteiger partial charge in [-0.05, 0) is 35.6 Å². The molecule has 2 aromatic carbocycles. The van der Waals surface area contributed by atoms with Crippen molar-refractivity contribution in [3.8, 4) is 5.75 Å². The van der Waals surface area contributed by atoms with Crippen molar-refractivity contribution in [2.45, 2.75) is 31.8 Å². The second kappa shape index (κ2) is 5.91. The first-order chi connectivity index (χ1) is 9.81. The molecule has 0 spiro atoms. The van der Waals surface area contributed by atoms with Crippen molar-refractivity contribution >= 4 is 5.78 Å². The molecule has 0 saturated heterocycles. The van der Waals surface area contributed by atoms with E-state index in [1.54, 1.807) is 0 Å². The Bertz CT molecular complexity index is 589. The lowest BCUT2D eigenvalue weighted by atomic mass is 9.97. The molecule has 1 fully saturated rings. The third kappa shape index (κ3) is 3.08. The van der Waals surface area contributed by atoms with Crippen molar-refractivity contribution in [2.75, 3.05) is 0 Å². The second-order valence-electron chi connectivity index (χ2n) is 5.33.